The van der Waals surface area contributed by atoms with Crippen LogP contribution >= 0.6 is 23.4 Å². The van der Waals surface area contributed by atoms with Crippen molar-refractivity contribution in [1.82, 2.24) is 9.88 Å². The Morgan fingerprint density at radius 3 is 2.68 bits per heavy atom. The normalized spacial score (nSPS) is 23.3. The zero-order chi connectivity index (χ0) is 14.0. The second-order valence-corrected chi connectivity index (χ2v) is 6.96. The van der Waals surface area contributed by atoms with Gasteiger partial charge in [0.25, 0.3) is 5.91 Å². The number of nitrogens with two attached hydrogens (primary N) is 1. The number of halogens is 1. The first-order chi connectivity index (χ1) is 9.01. The summed E-state index contributed by atoms with van der Waals surface area (Å²) in [6.07, 6.45) is 1.50. The summed E-state index contributed by atoms with van der Waals surface area (Å²) in [7, 11) is 0. The van der Waals surface area contributed by atoms with Gasteiger partial charge in [-0.15, -0.1) is 0 Å². The maximum Gasteiger partial charge on any atom is 0.255 e. The Morgan fingerprint density at radius 1 is 1.53 bits per heavy atom. The molecule has 1 fully saturated rings. The van der Waals surface area contributed by atoms with E-state index in [0.717, 1.165) is 13.1 Å². The van der Waals surface area contributed by atoms with Crippen LogP contribution in [0.25, 0.3) is 0 Å². The number of anilines is 1. The molecule has 7 heteroatoms. The Kier molecular flexibility index (Phi) is 4.54. The van der Waals surface area contributed by atoms with E-state index < -0.39 is 0 Å². The molecule has 1 aliphatic heterocycles. The second-order valence-electron chi connectivity index (χ2n) is 4.67. The molecule has 19 heavy (non-hydrogen) atoms. The average Bonchev–Trinajstić information content (AvgIpc) is 2.36. The van der Waals surface area contributed by atoms with Crippen molar-refractivity contribution in [2.45, 2.75) is 24.3 Å². The third-order valence-corrected chi connectivity index (χ3v) is 4.45. The maximum atomic E-state index is 12.4. The zero-order valence-electron chi connectivity index (χ0n) is 10.9. The molecule has 5 nitrogen and oxygen atoms in total. The van der Waals surface area contributed by atoms with Crippen molar-refractivity contribution < 1.29 is 4.79 Å². The lowest BCUT2D eigenvalue weighted by Crippen LogP contribution is -2.44. The highest BCUT2D eigenvalue weighted by atomic mass is 35.5. The van der Waals surface area contributed by atoms with E-state index in [1.165, 1.54) is 6.20 Å². The average molecular weight is 301 g/mol. The molecule has 3 N–H and O–H groups in total. The molecule has 1 amide bonds. The van der Waals surface area contributed by atoms with Crippen LogP contribution in [0.1, 0.15) is 24.2 Å². The van der Waals surface area contributed by atoms with Gasteiger partial charge < -0.3 is 10.3 Å². The number of amides is 1. The van der Waals surface area contributed by atoms with Crippen molar-refractivity contribution >= 4 is 35.1 Å². The number of rotatable bonds is 2. The molecule has 2 unspecified atom stereocenters. The summed E-state index contributed by atoms with van der Waals surface area (Å²) in [5, 5.41) is 1.24. The largest absolute Gasteiger partial charge is 0.336 e. The number of carbonyl (C=O) groups excluding carboxylic acids is 1. The molecular formula is C12H17ClN4OS. The number of nitrogens with one attached hydrogen (secondary N) is 1. The molecule has 0 radical (unpaired) electrons. The zero-order valence-corrected chi connectivity index (χ0v) is 12.5. The summed E-state index contributed by atoms with van der Waals surface area (Å²) < 4.78 is 0. The molecule has 0 aromatic carbocycles. The Hall–Kier alpha value is -0.980. The monoisotopic (exact) mass is 300 g/mol. The lowest BCUT2D eigenvalue weighted by atomic mass is 10.2. The lowest BCUT2D eigenvalue weighted by molar-refractivity contribution is 0.0753. The number of hydrazine groups is 1. The van der Waals surface area contributed by atoms with E-state index in [9.17, 15) is 4.79 Å². The Morgan fingerprint density at radius 2 is 2.16 bits per heavy atom. The highest BCUT2D eigenvalue weighted by Crippen LogP contribution is 2.26. The van der Waals surface area contributed by atoms with Gasteiger partial charge in [0, 0.05) is 29.8 Å². The number of aromatic nitrogens is 1. The third kappa shape index (κ3) is 3.32. The molecule has 0 saturated carbocycles. The second kappa shape index (κ2) is 5.98. The topological polar surface area (TPSA) is 71.2 Å². The van der Waals surface area contributed by atoms with Crippen LogP contribution in [-0.4, -0.2) is 39.4 Å². The highest BCUT2D eigenvalue weighted by Gasteiger charge is 2.27. The molecule has 0 aliphatic carbocycles. The fourth-order valence-corrected chi connectivity index (χ4v) is 3.73. The van der Waals surface area contributed by atoms with Crippen LogP contribution in [0.3, 0.4) is 0 Å². The van der Waals surface area contributed by atoms with E-state index in [1.807, 2.05) is 16.7 Å². The predicted molar refractivity (Wildman–Crippen MR) is 79.5 cm³/mol. The first-order valence-electron chi connectivity index (χ1n) is 6.08. The van der Waals surface area contributed by atoms with E-state index in [0.29, 0.717) is 26.9 Å². The van der Waals surface area contributed by atoms with Crippen LogP contribution in [0.5, 0.6) is 0 Å². The summed E-state index contributed by atoms with van der Waals surface area (Å²) in [6, 6.07) is 1.60. The number of nitrogens with zero attached hydrogens (tertiary/aromatic N) is 2. The summed E-state index contributed by atoms with van der Waals surface area (Å²) in [6.45, 7) is 5.77. The van der Waals surface area contributed by atoms with Crippen LogP contribution in [0, 0.1) is 0 Å². The van der Waals surface area contributed by atoms with E-state index in [2.05, 4.69) is 24.3 Å². The fourth-order valence-electron chi connectivity index (χ4n) is 2.19. The summed E-state index contributed by atoms with van der Waals surface area (Å²) in [4.78, 5) is 18.3. The van der Waals surface area contributed by atoms with E-state index in [-0.39, 0.29) is 5.91 Å². The van der Waals surface area contributed by atoms with Gasteiger partial charge in [0.05, 0.1) is 10.6 Å². The minimum absolute atomic E-state index is 0.0306. The smallest absolute Gasteiger partial charge is 0.255 e. The first-order valence-corrected chi connectivity index (χ1v) is 7.40. The minimum Gasteiger partial charge on any atom is -0.336 e. The van der Waals surface area contributed by atoms with Crippen LogP contribution in [0.4, 0.5) is 5.82 Å². The number of nitrogen functional groups attached to an aromatic ring is 1. The molecule has 1 saturated heterocycles. The molecule has 1 aromatic heterocycles. The van der Waals surface area contributed by atoms with Crippen LogP contribution in [0.2, 0.25) is 5.02 Å². The van der Waals surface area contributed by atoms with Gasteiger partial charge in [-0.2, -0.15) is 11.8 Å². The molecule has 2 heterocycles. The van der Waals surface area contributed by atoms with Gasteiger partial charge in [0.15, 0.2) is 5.82 Å². The molecule has 1 aromatic rings. The number of hydrogen-bond donors (Lipinski definition) is 2. The standard InChI is InChI=1S/C12H17ClN4OS/c1-7-5-17(6-8(2)19-7)12(18)9-3-10(13)11(16-14)15-4-9/h3-4,7-8H,5-6,14H2,1-2H3,(H,15,16). The van der Waals surface area contributed by atoms with E-state index in [4.69, 9.17) is 17.4 Å². The first kappa shape index (κ1) is 14.4. The summed E-state index contributed by atoms with van der Waals surface area (Å²) >= 11 is 7.89. The fraction of sp³-hybridized carbons (Fsp3) is 0.500. The van der Waals surface area contributed by atoms with Gasteiger partial charge in [-0.3, -0.25) is 4.79 Å². The van der Waals surface area contributed by atoms with Crippen molar-refractivity contribution in [3.05, 3.63) is 22.8 Å². The molecule has 1 aliphatic rings. The number of hydrogen-bond acceptors (Lipinski definition) is 5. The third-order valence-electron chi connectivity index (χ3n) is 2.93. The van der Waals surface area contributed by atoms with E-state index in [1.54, 1.807) is 6.07 Å². The lowest BCUT2D eigenvalue weighted by Gasteiger charge is -2.34. The minimum atomic E-state index is -0.0306. The quantitative estimate of drug-likeness (QED) is 0.645. The van der Waals surface area contributed by atoms with Crippen LogP contribution in [0.15, 0.2) is 12.3 Å². The maximum absolute atomic E-state index is 12.4. The Balaban J connectivity index is 2.17. The number of pyridine rings is 1. The molecule has 0 bridgehead atoms. The molecule has 2 atom stereocenters. The van der Waals surface area contributed by atoms with Crippen molar-refractivity contribution in [2.24, 2.45) is 5.84 Å². The summed E-state index contributed by atoms with van der Waals surface area (Å²) in [5.41, 5.74) is 2.88. The molecule has 2 rings (SSSR count). The SMILES string of the molecule is CC1CN(C(=O)c2cnc(NN)c(Cl)c2)CC(C)S1. The van der Waals surface area contributed by atoms with Crippen molar-refractivity contribution in [1.29, 1.82) is 0 Å². The van der Waals surface area contributed by atoms with Crippen molar-refractivity contribution in [3.63, 3.8) is 0 Å². The van der Waals surface area contributed by atoms with Crippen molar-refractivity contribution in [3.8, 4) is 0 Å². The van der Waals surface area contributed by atoms with Gasteiger partial charge in [-0.05, 0) is 6.07 Å². The number of carbonyl (C=O) groups is 1. The Labute approximate surface area is 121 Å². The molecule has 104 valence electrons. The summed E-state index contributed by atoms with van der Waals surface area (Å²) in [5.74, 6) is 5.60. The highest BCUT2D eigenvalue weighted by molar-refractivity contribution is 8.00. The molecule has 0 spiro atoms. The van der Waals surface area contributed by atoms with Gasteiger partial charge in [-0.1, -0.05) is 25.4 Å². The predicted octanol–water partition coefficient (Wildman–Crippen LogP) is 1.99. The van der Waals surface area contributed by atoms with Gasteiger partial charge >= 0.3 is 0 Å². The van der Waals surface area contributed by atoms with Gasteiger partial charge in [0.1, 0.15) is 0 Å². The van der Waals surface area contributed by atoms with Gasteiger partial charge in [-0.25, -0.2) is 10.8 Å². The Bertz CT molecular complexity index is 475. The van der Waals surface area contributed by atoms with Crippen LogP contribution < -0.4 is 11.3 Å². The van der Waals surface area contributed by atoms with Gasteiger partial charge in [0.2, 0.25) is 0 Å². The number of thioether (sulfide) groups is 1. The van der Waals surface area contributed by atoms with E-state index >= 15 is 0 Å². The van der Waals surface area contributed by atoms with Crippen molar-refractivity contribution in [2.75, 3.05) is 18.5 Å². The molecular weight excluding hydrogens is 284 g/mol. The van der Waals surface area contributed by atoms with Crippen LogP contribution in [-0.2, 0) is 0 Å².